The number of nitrogens with one attached hydrogen (secondary N) is 2. The molecule has 0 saturated carbocycles. The first-order valence-corrected chi connectivity index (χ1v) is 6.25. The molecule has 0 aliphatic heterocycles. The van der Waals surface area contributed by atoms with Crippen molar-refractivity contribution in [1.29, 1.82) is 0 Å². The van der Waals surface area contributed by atoms with Crippen LogP contribution in [0.4, 0.5) is 0 Å². The Morgan fingerprint density at radius 2 is 1.71 bits per heavy atom. The summed E-state index contributed by atoms with van der Waals surface area (Å²) in [6.45, 7) is 5.93. The monoisotopic (exact) mass is 222 g/mol. The minimum absolute atomic E-state index is 0.0900. The van der Waals surface area contributed by atoms with Crippen molar-refractivity contribution in [1.82, 2.24) is 10.0 Å². The van der Waals surface area contributed by atoms with Crippen molar-refractivity contribution in [2.45, 2.75) is 20.8 Å². The normalized spacial score (nSPS) is 12.6. The number of sulfonamides is 1. The van der Waals surface area contributed by atoms with Crippen LogP contribution in [0.25, 0.3) is 0 Å². The predicted octanol–water partition coefficient (Wildman–Crippen LogP) is -0.302. The number of amides is 1. The maximum atomic E-state index is 11.3. The van der Waals surface area contributed by atoms with Gasteiger partial charge in [-0.3, -0.25) is 4.79 Å². The zero-order valence-electron chi connectivity index (χ0n) is 9.05. The van der Waals surface area contributed by atoms with Crippen LogP contribution in [-0.4, -0.2) is 33.7 Å². The van der Waals surface area contributed by atoms with Gasteiger partial charge in [-0.25, -0.2) is 13.1 Å². The number of hydrogen-bond donors (Lipinski definition) is 2. The standard InChI is InChI=1S/C8H18N2O3S/c1-8(2,3)7(11)9-5-6-10-14(4,12)13/h10H,5-6H2,1-4H3,(H,9,11). The van der Waals surface area contributed by atoms with Gasteiger partial charge >= 0.3 is 0 Å². The minimum atomic E-state index is -3.16. The second-order valence-corrected chi connectivity index (χ2v) is 6.01. The minimum Gasteiger partial charge on any atom is -0.354 e. The van der Waals surface area contributed by atoms with Crippen molar-refractivity contribution in [2.75, 3.05) is 19.3 Å². The van der Waals surface area contributed by atoms with E-state index in [1.807, 2.05) is 0 Å². The Kier molecular flexibility index (Phi) is 4.54. The molecule has 0 aliphatic rings. The molecular formula is C8H18N2O3S. The predicted molar refractivity (Wildman–Crippen MR) is 55.3 cm³/mol. The Hall–Kier alpha value is -0.620. The van der Waals surface area contributed by atoms with Gasteiger partial charge in [-0.1, -0.05) is 20.8 Å². The van der Waals surface area contributed by atoms with Crippen LogP contribution in [0.5, 0.6) is 0 Å². The van der Waals surface area contributed by atoms with Gasteiger partial charge in [0.05, 0.1) is 6.26 Å². The van der Waals surface area contributed by atoms with Crippen molar-refractivity contribution in [3.8, 4) is 0 Å². The largest absolute Gasteiger partial charge is 0.354 e. The van der Waals surface area contributed by atoms with Gasteiger partial charge in [0.2, 0.25) is 15.9 Å². The second kappa shape index (κ2) is 4.75. The Morgan fingerprint density at radius 3 is 2.07 bits per heavy atom. The highest BCUT2D eigenvalue weighted by molar-refractivity contribution is 7.88. The summed E-state index contributed by atoms with van der Waals surface area (Å²) in [6.07, 6.45) is 1.08. The summed E-state index contributed by atoms with van der Waals surface area (Å²) in [5.41, 5.74) is -0.439. The highest BCUT2D eigenvalue weighted by Crippen LogP contribution is 2.11. The van der Waals surface area contributed by atoms with E-state index in [1.165, 1.54) is 0 Å². The molecule has 0 unspecified atom stereocenters. The second-order valence-electron chi connectivity index (χ2n) is 4.17. The Balaban J connectivity index is 3.72. The van der Waals surface area contributed by atoms with Crippen molar-refractivity contribution < 1.29 is 13.2 Å². The molecule has 0 aromatic rings. The average molecular weight is 222 g/mol. The van der Waals surface area contributed by atoms with E-state index in [2.05, 4.69) is 10.0 Å². The molecule has 0 aromatic heterocycles. The number of carbonyl (C=O) groups is 1. The third kappa shape index (κ3) is 6.85. The van der Waals surface area contributed by atoms with Gasteiger partial charge < -0.3 is 5.32 Å². The Morgan fingerprint density at radius 1 is 1.21 bits per heavy atom. The van der Waals surface area contributed by atoms with Crippen LogP contribution < -0.4 is 10.0 Å². The first-order chi connectivity index (χ1) is 6.13. The molecule has 0 saturated heterocycles. The van der Waals surface area contributed by atoms with E-state index in [1.54, 1.807) is 20.8 Å². The maximum Gasteiger partial charge on any atom is 0.225 e. The van der Waals surface area contributed by atoms with Crippen molar-refractivity contribution >= 4 is 15.9 Å². The van der Waals surface area contributed by atoms with Gasteiger partial charge in [-0.15, -0.1) is 0 Å². The fraction of sp³-hybridized carbons (Fsp3) is 0.875. The van der Waals surface area contributed by atoms with Gasteiger partial charge in [-0.2, -0.15) is 0 Å². The molecular weight excluding hydrogens is 204 g/mol. The van der Waals surface area contributed by atoms with Gasteiger partial charge in [0.1, 0.15) is 0 Å². The quantitative estimate of drug-likeness (QED) is 0.641. The first kappa shape index (κ1) is 13.4. The molecule has 6 heteroatoms. The molecule has 0 fully saturated rings. The van der Waals surface area contributed by atoms with E-state index in [-0.39, 0.29) is 12.5 Å². The summed E-state index contributed by atoms with van der Waals surface area (Å²) in [6, 6.07) is 0. The first-order valence-electron chi connectivity index (χ1n) is 4.36. The molecule has 1 amide bonds. The summed E-state index contributed by atoms with van der Waals surface area (Å²) in [5, 5.41) is 2.63. The molecule has 0 heterocycles. The molecule has 5 nitrogen and oxygen atoms in total. The molecule has 0 atom stereocenters. The number of carbonyl (C=O) groups excluding carboxylic acids is 1. The van der Waals surface area contributed by atoms with Gasteiger partial charge in [0.25, 0.3) is 0 Å². The molecule has 14 heavy (non-hydrogen) atoms. The number of rotatable bonds is 4. The summed E-state index contributed by atoms with van der Waals surface area (Å²) < 4.78 is 23.6. The molecule has 2 N–H and O–H groups in total. The Labute approximate surface area is 85.3 Å². The highest BCUT2D eigenvalue weighted by Gasteiger charge is 2.20. The van der Waals surface area contributed by atoms with Crippen molar-refractivity contribution in [3.05, 3.63) is 0 Å². The maximum absolute atomic E-state index is 11.3. The van der Waals surface area contributed by atoms with E-state index in [0.717, 1.165) is 6.26 Å². The summed E-state index contributed by atoms with van der Waals surface area (Å²) in [5.74, 6) is -0.0900. The fourth-order valence-electron chi connectivity index (χ4n) is 0.678. The van der Waals surface area contributed by atoms with Crippen LogP contribution in [0.1, 0.15) is 20.8 Å². The molecule has 0 radical (unpaired) electrons. The van der Waals surface area contributed by atoms with E-state index in [4.69, 9.17) is 0 Å². The van der Waals surface area contributed by atoms with E-state index < -0.39 is 15.4 Å². The van der Waals surface area contributed by atoms with Crippen molar-refractivity contribution in [2.24, 2.45) is 5.41 Å². The van der Waals surface area contributed by atoms with E-state index in [9.17, 15) is 13.2 Å². The van der Waals surface area contributed by atoms with Crippen LogP contribution in [0.2, 0.25) is 0 Å². The zero-order valence-corrected chi connectivity index (χ0v) is 9.86. The molecule has 0 spiro atoms. The van der Waals surface area contributed by atoms with Crippen LogP contribution in [0.3, 0.4) is 0 Å². The molecule has 0 aromatic carbocycles. The molecule has 84 valence electrons. The van der Waals surface area contributed by atoms with E-state index >= 15 is 0 Å². The average Bonchev–Trinajstić information content (AvgIpc) is 1.93. The summed E-state index contributed by atoms with van der Waals surface area (Å²) >= 11 is 0. The van der Waals surface area contributed by atoms with Gasteiger partial charge in [0.15, 0.2) is 0 Å². The lowest BCUT2D eigenvalue weighted by Gasteiger charge is -2.17. The summed E-state index contributed by atoms with van der Waals surface area (Å²) in [4.78, 5) is 11.3. The topological polar surface area (TPSA) is 75.3 Å². The third-order valence-electron chi connectivity index (χ3n) is 1.46. The molecule has 0 aliphatic carbocycles. The highest BCUT2D eigenvalue weighted by atomic mass is 32.2. The smallest absolute Gasteiger partial charge is 0.225 e. The van der Waals surface area contributed by atoms with E-state index in [0.29, 0.717) is 6.54 Å². The van der Waals surface area contributed by atoms with Crippen LogP contribution in [-0.2, 0) is 14.8 Å². The lowest BCUT2D eigenvalue weighted by Crippen LogP contribution is -2.39. The fourth-order valence-corrected chi connectivity index (χ4v) is 1.15. The Bertz CT molecular complexity index is 290. The molecule has 0 bridgehead atoms. The zero-order chi connectivity index (χ0) is 11.4. The van der Waals surface area contributed by atoms with Gasteiger partial charge in [0, 0.05) is 18.5 Å². The summed E-state index contributed by atoms with van der Waals surface area (Å²) in [7, 11) is -3.16. The van der Waals surface area contributed by atoms with Crippen LogP contribution in [0.15, 0.2) is 0 Å². The van der Waals surface area contributed by atoms with Crippen LogP contribution >= 0.6 is 0 Å². The lowest BCUT2D eigenvalue weighted by atomic mass is 9.96. The van der Waals surface area contributed by atoms with Gasteiger partial charge in [-0.05, 0) is 0 Å². The molecule has 0 rings (SSSR count). The lowest BCUT2D eigenvalue weighted by molar-refractivity contribution is -0.128. The third-order valence-corrected chi connectivity index (χ3v) is 2.18. The SMILES string of the molecule is CC(C)(C)C(=O)NCCNS(C)(=O)=O. The van der Waals surface area contributed by atoms with Crippen LogP contribution in [0, 0.1) is 5.41 Å². The number of hydrogen-bond acceptors (Lipinski definition) is 3. The van der Waals surface area contributed by atoms with Crippen molar-refractivity contribution in [3.63, 3.8) is 0 Å².